The summed E-state index contributed by atoms with van der Waals surface area (Å²) >= 11 is 0. The quantitative estimate of drug-likeness (QED) is 0.699. The predicted molar refractivity (Wildman–Crippen MR) is 103 cm³/mol. The monoisotopic (exact) mass is 379 g/mol. The molecule has 0 unspecified atom stereocenters. The third kappa shape index (κ3) is 3.93. The second kappa shape index (κ2) is 7.88. The first-order chi connectivity index (χ1) is 13.6. The molecule has 0 spiro atoms. The number of hydrogen-bond acceptors (Lipinski definition) is 4. The first kappa shape index (κ1) is 18.3. The first-order valence-electron chi connectivity index (χ1n) is 9.43. The minimum Gasteiger partial charge on any atom is -0.339 e. The number of hydrogen-bond donors (Lipinski definition) is 0. The molecule has 0 saturated carbocycles. The molecule has 0 atom stereocenters. The van der Waals surface area contributed by atoms with Crippen molar-refractivity contribution < 1.29 is 9.18 Å². The number of amides is 1. The number of rotatable bonds is 4. The molecular formula is C21H22FN5O. The number of benzene rings is 1. The van der Waals surface area contributed by atoms with E-state index in [1.165, 1.54) is 12.1 Å². The van der Waals surface area contributed by atoms with E-state index in [1.807, 2.05) is 24.0 Å². The van der Waals surface area contributed by atoms with E-state index in [1.54, 1.807) is 29.4 Å². The summed E-state index contributed by atoms with van der Waals surface area (Å²) in [5, 5.41) is 0. The van der Waals surface area contributed by atoms with Crippen molar-refractivity contribution >= 4 is 5.91 Å². The number of piperidine rings is 1. The van der Waals surface area contributed by atoms with E-state index in [-0.39, 0.29) is 11.7 Å². The van der Waals surface area contributed by atoms with Gasteiger partial charge in [0.2, 0.25) is 0 Å². The Morgan fingerprint density at radius 1 is 1.18 bits per heavy atom. The normalized spacial score (nSPS) is 15.0. The highest BCUT2D eigenvalue weighted by molar-refractivity contribution is 5.94. The van der Waals surface area contributed by atoms with Crippen molar-refractivity contribution in [3.63, 3.8) is 0 Å². The van der Waals surface area contributed by atoms with Crippen molar-refractivity contribution in [1.29, 1.82) is 0 Å². The van der Waals surface area contributed by atoms with Crippen LogP contribution in [0.25, 0.3) is 11.5 Å². The van der Waals surface area contributed by atoms with E-state index in [9.17, 15) is 9.18 Å². The third-order valence-electron chi connectivity index (χ3n) is 5.23. The second-order valence-corrected chi connectivity index (χ2v) is 7.20. The van der Waals surface area contributed by atoms with Gasteiger partial charge in [0.25, 0.3) is 5.91 Å². The zero-order valence-corrected chi connectivity index (χ0v) is 15.8. The Hall–Kier alpha value is -3.09. The number of imidazole rings is 1. The maximum absolute atomic E-state index is 13.4. The van der Waals surface area contributed by atoms with Crippen LogP contribution in [0.3, 0.4) is 0 Å². The molecule has 4 rings (SSSR count). The van der Waals surface area contributed by atoms with E-state index in [2.05, 4.69) is 15.0 Å². The van der Waals surface area contributed by atoms with Gasteiger partial charge in [0, 0.05) is 44.3 Å². The summed E-state index contributed by atoms with van der Waals surface area (Å²) in [4.78, 5) is 27.7. The first-order valence-corrected chi connectivity index (χ1v) is 9.43. The molecule has 144 valence electrons. The number of carbonyl (C=O) groups excluding carboxylic acids is 1. The predicted octanol–water partition coefficient (Wildman–Crippen LogP) is 3.11. The van der Waals surface area contributed by atoms with E-state index >= 15 is 0 Å². The van der Waals surface area contributed by atoms with Crippen LogP contribution in [0.1, 0.15) is 28.9 Å². The highest BCUT2D eigenvalue weighted by atomic mass is 19.1. The van der Waals surface area contributed by atoms with Crippen LogP contribution in [0.2, 0.25) is 0 Å². The van der Waals surface area contributed by atoms with Gasteiger partial charge in [-0.25, -0.2) is 14.4 Å². The van der Waals surface area contributed by atoms with Gasteiger partial charge in [0.1, 0.15) is 11.5 Å². The zero-order valence-electron chi connectivity index (χ0n) is 15.8. The SMILES string of the molecule is Cn1ccnc1-c1cnc(CC2CCN(C(=O)c3cccc(F)c3)CC2)cn1. The molecule has 6 nitrogen and oxygen atoms in total. The van der Waals surface area contributed by atoms with Gasteiger partial charge in [-0.2, -0.15) is 0 Å². The molecule has 0 bridgehead atoms. The van der Waals surface area contributed by atoms with Crippen molar-refractivity contribution in [3.05, 3.63) is 66.1 Å². The topological polar surface area (TPSA) is 63.9 Å². The van der Waals surface area contributed by atoms with Gasteiger partial charge in [-0.15, -0.1) is 0 Å². The van der Waals surface area contributed by atoms with Crippen LogP contribution in [0.5, 0.6) is 0 Å². The highest BCUT2D eigenvalue weighted by Crippen LogP contribution is 2.23. The fourth-order valence-corrected chi connectivity index (χ4v) is 3.63. The standard InChI is InChI=1S/C21H22FN5O/c1-26-10-7-23-20(26)19-14-24-18(13-25-19)11-15-5-8-27(9-6-15)21(28)16-3-2-4-17(22)12-16/h2-4,7,10,12-15H,5-6,8-9,11H2,1H3. The lowest BCUT2D eigenvalue weighted by atomic mass is 9.92. The van der Waals surface area contributed by atoms with Gasteiger partial charge in [0.05, 0.1) is 11.9 Å². The second-order valence-electron chi connectivity index (χ2n) is 7.20. The Bertz CT molecular complexity index is 961. The lowest BCUT2D eigenvalue weighted by molar-refractivity contribution is 0.0689. The molecule has 0 N–H and O–H groups in total. The summed E-state index contributed by atoms with van der Waals surface area (Å²) in [5.41, 5.74) is 2.12. The van der Waals surface area contributed by atoms with Gasteiger partial charge >= 0.3 is 0 Å². The van der Waals surface area contributed by atoms with Crippen molar-refractivity contribution in [3.8, 4) is 11.5 Å². The molecule has 3 aromatic rings. The number of aryl methyl sites for hydroxylation is 1. The molecule has 3 heterocycles. The third-order valence-corrected chi connectivity index (χ3v) is 5.23. The molecule has 1 fully saturated rings. The Kier molecular flexibility index (Phi) is 5.14. The van der Waals surface area contributed by atoms with Crippen LogP contribution in [-0.2, 0) is 13.5 Å². The molecule has 1 saturated heterocycles. The summed E-state index contributed by atoms with van der Waals surface area (Å²) in [6.07, 6.45) is 9.85. The molecule has 7 heteroatoms. The molecular weight excluding hydrogens is 357 g/mol. The molecule has 1 aliphatic heterocycles. The van der Waals surface area contributed by atoms with Crippen LogP contribution in [0.15, 0.2) is 49.1 Å². The van der Waals surface area contributed by atoms with Crippen LogP contribution in [-0.4, -0.2) is 43.4 Å². The van der Waals surface area contributed by atoms with Crippen LogP contribution in [0, 0.1) is 11.7 Å². The van der Waals surface area contributed by atoms with Crippen molar-refractivity contribution in [1.82, 2.24) is 24.4 Å². The van der Waals surface area contributed by atoms with Crippen LogP contribution in [0.4, 0.5) is 4.39 Å². The maximum atomic E-state index is 13.4. The van der Waals surface area contributed by atoms with Gasteiger partial charge in [-0.1, -0.05) is 6.07 Å². The number of carbonyl (C=O) groups is 1. The van der Waals surface area contributed by atoms with Crippen molar-refractivity contribution in [2.75, 3.05) is 13.1 Å². The van der Waals surface area contributed by atoms with E-state index in [0.29, 0.717) is 24.6 Å². The minimum atomic E-state index is -0.381. The lowest BCUT2D eigenvalue weighted by Gasteiger charge is -2.32. The molecule has 28 heavy (non-hydrogen) atoms. The highest BCUT2D eigenvalue weighted by Gasteiger charge is 2.24. The molecule has 0 radical (unpaired) electrons. The summed E-state index contributed by atoms with van der Waals surface area (Å²) in [7, 11) is 1.93. The fourth-order valence-electron chi connectivity index (χ4n) is 3.63. The summed E-state index contributed by atoms with van der Waals surface area (Å²) in [6, 6.07) is 5.88. The van der Waals surface area contributed by atoms with Gasteiger partial charge in [0.15, 0.2) is 5.82 Å². The van der Waals surface area contributed by atoms with E-state index in [4.69, 9.17) is 0 Å². The summed E-state index contributed by atoms with van der Waals surface area (Å²) in [5.74, 6) is 0.776. The Morgan fingerprint density at radius 2 is 2.00 bits per heavy atom. The fraction of sp³-hybridized carbons (Fsp3) is 0.333. The number of nitrogens with zero attached hydrogens (tertiary/aromatic N) is 5. The van der Waals surface area contributed by atoms with Gasteiger partial charge in [-0.05, 0) is 43.4 Å². The molecule has 1 aliphatic rings. The molecule has 0 aliphatic carbocycles. The van der Waals surface area contributed by atoms with Crippen LogP contribution < -0.4 is 0 Å². The van der Waals surface area contributed by atoms with E-state index in [0.717, 1.165) is 36.5 Å². The van der Waals surface area contributed by atoms with Crippen LogP contribution >= 0.6 is 0 Å². The Morgan fingerprint density at radius 3 is 2.64 bits per heavy atom. The van der Waals surface area contributed by atoms with Crippen molar-refractivity contribution in [2.45, 2.75) is 19.3 Å². The zero-order chi connectivity index (χ0) is 19.5. The number of halogens is 1. The minimum absolute atomic E-state index is 0.0998. The smallest absolute Gasteiger partial charge is 0.253 e. The number of likely N-dealkylation sites (tertiary alicyclic amines) is 1. The largest absolute Gasteiger partial charge is 0.339 e. The average molecular weight is 379 g/mol. The average Bonchev–Trinajstić information content (AvgIpc) is 3.14. The lowest BCUT2D eigenvalue weighted by Crippen LogP contribution is -2.39. The van der Waals surface area contributed by atoms with Gasteiger partial charge < -0.3 is 9.47 Å². The summed E-state index contributed by atoms with van der Waals surface area (Å²) < 4.78 is 15.3. The van der Waals surface area contributed by atoms with E-state index < -0.39 is 0 Å². The Balaban J connectivity index is 1.33. The number of aromatic nitrogens is 4. The van der Waals surface area contributed by atoms with Crippen molar-refractivity contribution in [2.24, 2.45) is 13.0 Å². The molecule has 2 aromatic heterocycles. The molecule has 1 aromatic carbocycles. The molecule has 1 amide bonds. The van der Waals surface area contributed by atoms with Gasteiger partial charge in [-0.3, -0.25) is 9.78 Å². The maximum Gasteiger partial charge on any atom is 0.253 e. The Labute approximate surface area is 163 Å². The summed E-state index contributed by atoms with van der Waals surface area (Å²) in [6.45, 7) is 1.36.